The van der Waals surface area contributed by atoms with Gasteiger partial charge in [-0.05, 0) is 25.8 Å². The van der Waals surface area contributed by atoms with Crippen molar-refractivity contribution in [1.29, 1.82) is 0 Å². The van der Waals surface area contributed by atoms with E-state index in [1.54, 1.807) is 0 Å². The first-order valence-corrected chi connectivity index (χ1v) is 5.07. The summed E-state index contributed by atoms with van der Waals surface area (Å²) < 4.78 is 4.57. The standard InChI is InChI=1S/C10H19NO3/c1-11(7-10(13)14-2)6-8-4-3-5-9(8)12/h8-9,12H,3-7H2,1-2H3. The Morgan fingerprint density at radius 1 is 1.57 bits per heavy atom. The number of hydrogen-bond donors (Lipinski definition) is 1. The van der Waals surface area contributed by atoms with Crippen LogP contribution in [0.25, 0.3) is 0 Å². The van der Waals surface area contributed by atoms with Gasteiger partial charge in [-0.15, -0.1) is 0 Å². The van der Waals surface area contributed by atoms with Gasteiger partial charge in [0.05, 0.1) is 19.8 Å². The van der Waals surface area contributed by atoms with Crippen LogP contribution in [0.1, 0.15) is 19.3 Å². The summed E-state index contributed by atoms with van der Waals surface area (Å²) in [5.41, 5.74) is 0. The second kappa shape index (κ2) is 5.32. The van der Waals surface area contributed by atoms with E-state index < -0.39 is 0 Å². The number of rotatable bonds is 4. The summed E-state index contributed by atoms with van der Waals surface area (Å²) in [4.78, 5) is 12.9. The summed E-state index contributed by atoms with van der Waals surface area (Å²) in [6.45, 7) is 1.08. The molecular weight excluding hydrogens is 182 g/mol. The van der Waals surface area contributed by atoms with Gasteiger partial charge in [-0.2, -0.15) is 0 Å². The van der Waals surface area contributed by atoms with E-state index in [1.165, 1.54) is 7.11 Å². The summed E-state index contributed by atoms with van der Waals surface area (Å²) in [5, 5.41) is 9.59. The fraction of sp³-hybridized carbons (Fsp3) is 0.900. The highest BCUT2D eigenvalue weighted by Gasteiger charge is 2.26. The van der Waals surface area contributed by atoms with Crippen LogP contribution in [0.2, 0.25) is 0 Å². The predicted molar refractivity (Wildman–Crippen MR) is 52.9 cm³/mol. The summed E-state index contributed by atoms with van der Waals surface area (Å²) in [6, 6.07) is 0. The summed E-state index contributed by atoms with van der Waals surface area (Å²) in [5.74, 6) is 0.102. The van der Waals surface area contributed by atoms with Gasteiger partial charge < -0.3 is 9.84 Å². The summed E-state index contributed by atoms with van der Waals surface area (Å²) in [7, 11) is 3.27. The Hall–Kier alpha value is -0.610. The van der Waals surface area contributed by atoms with E-state index in [1.807, 2.05) is 11.9 Å². The van der Waals surface area contributed by atoms with Gasteiger partial charge >= 0.3 is 5.97 Å². The minimum atomic E-state index is -0.222. The van der Waals surface area contributed by atoms with Crippen LogP contribution in [0.5, 0.6) is 0 Å². The maximum absolute atomic E-state index is 11.0. The molecular formula is C10H19NO3. The van der Waals surface area contributed by atoms with Crippen molar-refractivity contribution in [3.8, 4) is 0 Å². The molecule has 1 saturated carbocycles. The molecule has 1 fully saturated rings. The molecule has 4 heteroatoms. The number of aliphatic hydroxyl groups is 1. The highest BCUT2D eigenvalue weighted by Crippen LogP contribution is 2.25. The fourth-order valence-electron chi connectivity index (χ4n) is 1.98. The highest BCUT2D eigenvalue weighted by atomic mass is 16.5. The van der Waals surface area contributed by atoms with Gasteiger partial charge in [0.1, 0.15) is 0 Å². The third-order valence-electron chi connectivity index (χ3n) is 2.79. The van der Waals surface area contributed by atoms with Crippen molar-refractivity contribution in [3.63, 3.8) is 0 Å². The molecule has 0 aromatic carbocycles. The molecule has 1 rings (SSSR count). The van der Waals surface area contributed by atoms with Crippen LogP contribution in [0.3, 0.4) is 0 Å². The van der Waals surface area contributed by atoms with Crippen molar-refractivity contribution in [3.05, 3.63) is 0 Å². The number of esters is 1. The van der Waals surface area contributed by atoms with Crippen LogP contribution in [-0.2, 0) is 9.53 Å². The van der Waals surface area contributed by atoms with Crippen molar-refractivity contribution in [2.75, 3.05) is 27.2 Å². The molecule has 1 aliphatic carbocycles. The molecule has 4 nitrogen and oxygen atoms in total. The molecule has 0 amide bonds. The van der Waals surface area contributed by atoms with E-state index in [9.17, 15) is 9.90 Å². The lowest BCUT2D eigenvalue weighted by molar-refractivity contribution is -0.141. The lowest BCUT2D eigenvalue weighted by Gasteiger charge is -2.21. The van der Waals surface area contributed by atoms with Gasteiger partial charge in [0.2, 0.25) is 0 Å². The van der Waals surface area contributed by atoms with E-state index in [0.29, 0.717) is 12.5 Å². The van der Waals surface area contributed by atoms with Crippen molar-refractivity contribution < 1.29 is 14.6 Å². The Morgan fingerprint density at radius 2 is 2.29 bits per heavy atom. The molecule has 2 unspecified atom stereocenters. The molecule has 0 aromatic heterocycles. The van der Waals surface area contributed by atoms with Gasteiger partial charge in [-0.3, -0.25) is 9.69 Å². The Balaban J connectivity index is 2.25. The second-order valence-electron chi connectivity index (χ2n) is 4.03. The lowest BCUT2D eigenvalue weighted by Crippen LogP contribution is -2.33. The Bertz CT molecular complexity index is 196. The van der Waals surface area contributed by atoms with E-state index in [-0.39, 0.29) is 12.1 Å². The zero-order chi connectivity index (χ0) is 10.6. The van der Waals surface area contributed by atoms with Crippen molar-refractivity contribution in [2.24, 2.45) is 5.92 Å². The normalized spacial score (nSPS) is 26.9. The van der Waals surface area contributed by atoms with E-state index >= 15 is 0 Å². The quantitative estimate of drug-likeness (QED) is 0.662. The van der Waals surface area contributed by atoms with Crippen LogP contribution in [0, 0.1) is 5.92 Å². The van der Waals surface area contributed by atoms with Crippen LogP contribution >= 0.6 is 0 Å². The topological polar surface area (TPSA) is 49.8 Å². The summed E-state index contributed by atoms with van der Waals surface area (Å²) in [6.07, 6.45) is 2.87. The first kappa shape index (κ1) is 11.5. The van der Waals surface area contributed by atoms with Gasteiger partial charge in [0.25, 0.3) is 0 Å². The van der Waals surface area contributed by atoms with Crippen molar-refractivity contribution >= 4 is 5.97 Å². The van der Waals surface area contributed by atoms with E-state index in [4.69, 9.17) is 0 Å². The molecule has 0 heterocycles. The molecule has 0 saturated heterocycles. The zero-order valence-corrected chi connectivity index (χ0v) is 8.90. The number of hydrogen-bond acceptors (Lipinski definition) is 4. The Labute approximate surface area is 84.8 Å². The second-order valence-corrected chi connectivity index (χ2v) is 4.03. The summed E-state index contributed by atoms with van der Waals surface area (Å²) >= 11 is 0. The SMILES string of the molecule is COC(=O)CN(C)CC1CCCC1O. The minimum absolute atomic E-state index is 0.185. The largest absolute Gasteiger partial charge is 0.468 e. The fourth-order valence-corrected chi connectivity index (χ4v) is 1.98. The maximum atomic E-state index is 11.0. The predicted octanol–water partition coefficient (Wildman–Crippen LogP) is 0.252. The minimum Gasteiger partial charge on any atom is -0.468 e. The molecule has 2 atom stereocenters. The maximum Gasteiger partial charge on any atom is 0.319 e. The van der Waals surface area contributed by atoms with Crippen LogP contribution < -0.4 is 0 Å². The monoisotopic (exact) mass is 201 g/mol. The average Bonchev–Trinajstić information content (AvgIpc) is 2.51. The molecule has 0 aliphatic heterocycles. The third kappa shape index (κ3) is 3.27. The number of ether oxygens (including phenoxy) is 1. The van der Waals surface area contributed by atoms with E-state index in [2.05, 4.69) is 4.74 Å². The number of carbonyl (C=O) groups is 1. The van der Waals surface area contributed by atoms with Gasteiger partial charge in [-0.1, -0.05) is 6.42 Å². The number of methoxy groups -OCH3 is 1. The number of aliphatic hydroxyl groups excluding tert-OH is 1. The molecule has 0 bridgehead atoms. The van der Waals surface area contributed by atoms with Gasteiger partial charge in [0, 0.05) is 6.54 Å². The average molecular weight is 201 g/mol. The zero-order valence-electron chi connectivity index (χ0n) is 8.90. The van der Waals surface area contributed by atoms with Crippen LogP contribution in [0.15, 0.2) is 0 Å². The third-order valence-corrected chi connectivity index (χ3v) is 2.79. The highest BCUT2D eigenvalue weighted by molar-refractivity contribution is 5.71. The first-order valence-electron chi connectivity index (χ1n) is 5.07. The number of carbonyl (C=O) groups excluding carboxylic acids is 1. The molecule has 14 heavy (non-hydrogen) atoms. The molecule has 1 N–H and O–H groups in total. The Kier molecular flexibility index (Phi) is 4.35. The molecule has 0 radical (unpaired) electrons. The number of likely N-dealkylation sites (N-methyl/N-ethyl adjacent to an activating group) is 1. The van der Waals surface area contributed by atoms with E-state index in [0.717, 1.165) is 25.8 Å². The van der Waals surface area contributed by atoms with Gasteiger partial charge in [0.15, 0.2) is 0 Å². The molecule has 82 valence electrons. The van der Waals surface area contributed by atoms with Crippen molar-refractivity contribution in [2.45, 2.75) is 25.4 Å². The Morgan fingerprint density at radius 3 is 2.79 bits per heavy atom. The molecule has 0 spiro atoms. The smallest absolute Gasteiger partial charge is 0.319 e. The van der Waals surface area contributed by atoms with Crippen LogP contribution in [-0.4, -0.2) is 49.3 Å². The molecule has 0 aromatic rings. The lowest BCUT2D eigenvalue weighted by atomic mass is 10.1. The first-order chi connectivity index (χ1) is 6.63. The molecule has 1 aliphatic rings. The number of nitrogens with zero attached hydrogens (tertiary/aromatic N) is 1. The van der Waals surface area contributed by atoms with Gasteiger partial charge in [-0.25, -0.2) is 0 Å². The van der Waals surface area contributed by atoms with Crippen LogP contribution in [0.4, 0.5) is 0 Å². The van der Waals surface area contributed by atoms with Crippen molar-refractivity contribution in [1.82, 2.24) is 4.90 Å².